The molecule has 2 aromatic carbocycles. The maximum absolute atomic E-state index is 12.5. The number of allylic oxidation sites excluding steroid dienone is 2. The second-order valence-electron chi connectivity index (χ2n) is 6.93. The number of carbonyl (C=O) groups is 1. The maximum Gasteiger partial charge on any atom is 0.246 e. The van der Waals surface area contributed by atoms with Gasteiger partial charge in [0.1, 0.15) is 23.9 Å². The van der Waals surface area contributed by atoms with Gasteiger partial charge in [0.2, 0.25) is 5.91 Å². The van der Waals surface area contributed by atoms with Crippen molar-refractivity contribution in [3.63, 3.8) is 0 Å². The van der Waals surface area contributed by atoms with Gasteiger partial charge in [0, 0.05) is 37.3 Å². The number of nitriles is 3. The van der Waals surface area contributed by atoms with Gasteiger partial charge in [-0.25, -0.2) is 0 Å². The molecular weight excluding hydrogens is 424 g/mol. The number of nitrogens with zero attached hydrogens (tertiary/aromatic N) is 5. The fraction of sp³-hybridized carbons (Fsp3) is 0.167. The zero-order valence-corrected chi connectivity index (χ0v) is 17.9. The smallest absolute Gasteiger partial charge is 0.246 e. The summed E-state index contributed by atoms with van der Waals surface area (Å²) in [4.78, 5) is 16.4. The molecule has 1 heterocycles. The normalized spacial score (nSPS) is 13.1. The van der Waals surface area contributed by atoms with Gasteiger partial charge in [-0.1, -0.05) is 41.9 Å². The molecule has 158 valence electrons. The summed E-state index contributed by atoms with van der Waals surface area (Å²) < 4.78 is 0. The van der Waals surface area contributed by atoms with Crippen LogP contribution < -0.4 is 10.2 Å². The van der Waals surface area contributed by atoms with Crippen LogP contribution in [0.4, 0.5) is 11.4 Å². The highest BCUT2D eigenvalue weighted by molar-refractivity contribution is 6.31. The van der Waals surface area contributed by atoms with E-state index in [-0.39, 0.29) is 17.2 Å². The average Bonchev–Trinajstić information content (AvgIpc) is 2.83. The van der Waals surface area contributed by atoms with Gasteiger partial charge in [-0.05, 0) is 29.8 Å². The first kappa shape index (κ1) is 22.4. The van der Waals surface area contributed by atoms with Crippen LogP contribution in [0.3, 0.4) is 0 Å². The van der Waals surface area contributed by atoms with E-state index in [9.17, 15) is 10.1 Å². The molecule has 0 bridgehead atoms. The molecule has 0 atom stereocenters. The van der Waals surface area contributed by atoms with Crippen molar-refractivity contribution in [2.75, 3.05) is 36.4 Å². The third kappa shape index (κ3) is 5.46. The third-order valence-electron chi connectivity index (χ3n) is 4.95. The monoisotopic (exact) mass is 442 g/mol. The van der Waals surface area contributed by atoms with Gasteiger partial charge in [-0.15, -0.1) is 0 Å². The molecule has 1 N–H and O–H groups in total. The van der Waals surface area contributed by atoms with Crippen molar-refractivity contribution >= 4 is 35.0 Å². The Morgan fingerprint density at radius 1 is 0.969 bits per heavy atom. The minimum absolute atomic E-state index is 0.0506. The third-order valence-corrected chi connectivity index (χ3v) is 5.19. The molecule has 0 aromatic heterocycles. The molecule has 1 amide bonds. The summed E-state index contributed by atoms with van der Waals surface area (Å²) in [6.45, 7) is 2.22. The molecule has 0 unspecified atom stereocenters. The van der Waals surface area contributed by atoms with E-state index in [1.165, 1.54) is 0 Å². The number of benzene rings is 2. The SMILES string of the molecule is N#CC(C#N)=C(C#N)Nc1cc(Cl)ccc1N1CCN(C(=O)C=Cc2ccccc2)CC1. The predicted octanol–water partition coefficient (Wildman–Crippen LogP) is 3.94. The van der Waals surface area contributed by atoms with Crippen molar-refractivity contribution in [1.82, 2.24) is 4.90 Å². The Morgan fingerprint density at radius 3 is 2.28 bits per heavy atom. The van der Waals surface area contributed by atoms with Crippen LogP contribution in [0.5, 0.6) is 0 Å². The molecule has 0 aliphatic carbocycles. The van der Waals surface area contributed by atoms with E-state index in [1.807, 2.05) is 42.5 Å². The molecule has 0 radical (unpaired) electrons. The summed E-state index contributed by atoms with van der Waals surface area (Å²) in [7, 11) is 0. The van der Waals surface area contributed by atoms with E-state index in [2.05, 4.69) is 10.2 Å². The number of carbonyl (C=O) groups excluding carboxylic acids is 1. The zero-order chi connectivity index (χ0) is 22.9. The summed E-state index contributed by atoms with van der Waals surface area (Å²) >= 11 is 6.13. The largest absolute Gasteiger partial charge is 0.366 e. The van der Waals surface area contributed by atoms with Gasteiger partial charge in [0.05, 0.1) is 11.4 Å². The number of rotatable bonds is 5. The van der Waals surface area contributed by atoms with Crippen LogP contribution in [0, 0.1) is 34.0 Å². The van der Waals surface area contributed by atoms with Crippen LogP contribution in [0.2, 0.25) is 5.02 Å². The number of piperazine rings is 1. The highest BCUT2D eigenvalue weighted by atomic mass is 35.5. The van der Waals surface area contributed by atoms with Gasteiger partial charge in [0.15, 0.2) is 5.57 Å². The van der Waals surface area contributed by atoms with Gasteiger partial charge in [0.25, 0.3) is 0 Å². The van der Waals surface area contributed by atoms with Crippen LogP contribution in [-0.4, -0.2) is 37.0 Å². The van der Waals surface area contributed by atoms with Crippen molar-refractivity contribution in [3.8, 4) is 18.2 Å². The summed E-state index contributed by atoms with van der Waals surface area (Å²) in [5, 5.41) is 30.8. The Bertz CT molecular complexity index is 1160. The molecule has 7 nitrogen and oxygen atoms in total. The van der Waals surface area contributed by atoms with Crippen LogP contribution in [0.25, 0.3) is 6.08 Å². The summed E-state index contributed by atoms with van der Waals surface area (Å²) in [6, 6.07) is 20.1. The lowest BCUT2D eigenvalue weighted by atomic mass is 10.1. The topological polar surface area (TPSA) is 107 Å². The van der Waals surface area contributed by atoms with Crippen molar-refractivity contribution in [1.29, 1.82) is 15.8 Å². The first-order chi connectivity index (χ1) is 15.5. The second-order valence-corrected chi connectivity index (χ2v) is 7.36. The van der Waals surface area contributed by atoms with Crippen LogP contribution in [0.1, 0.15) is 5.56 Å². The van der Waals surface area contributed by atoms with E-state index < -0.39 is 0 Å². The second kappa shape index (κ2) is 10.7. The zero-order valence-electron chi connectivity index (χ0n) is 17.1. The number of hydrogen-bond acceptors (Lipinski definition) is 6. The van der Waals surface area contributed by atoms with E-state index >= 15 is 0 Å². The molecule has 0 saturated carbocycles. The van der Waals surface area contributed by atoms with E-state index in [1.54, 1.807) is 41.3 Å². The lowest BCUT2D eigenvalue weighted by molar-refractivity contribution is -0.126. The molecule has 2 aromatic rings. The Kier molecular flexibility index (Phi) is 7.49. The van der Waals surface area contributed by atoms with Gasteiger partial charge in [-0.3, -0.25) is 4.79 Å². The molecule has 8 heteroatoms. The lowest BCUT2D eigenvalue weighted by Crippen LogP contribution is -2.48. The Balaban J connectivity index is 1.72. The first-order valence-corrected chi connectivity index (χ1v) is 10.2. The number of hydrogen-bond donors (Lipinski definition) is 1. The quantitative estimate of drug-likeness (QED) is 0.555. The van der Waals surface area contributed by atoms with Crippen molar-refractivity contribution in [2.24, 2.45) is 0 Å². The summed E-state index contributed by atoms with van der Waals surface area (Å²) in [6.07, 6.45) is 3.38. The Hall–Kier alpha value is -4.25. The standard InChI is InChI=1S/C24H19ClN6O/c25-20-7-8-23(21(14-20)29-22(17-28)19(15-26)16-27)30-10-12-31(13-11-30)24(32)9-6-18-4-2-1-3-5-18/h1-9,14,29H,10-13H2. The van der Waals surface area contributed by atoms with Crippen molar-refractivity contribution < 1.29 is 4.79 Å². The Labute approximate surface area is 191 Å². The average molecular weight is 443 g/mol. The molecule has 1 aliphatic heterocycles. The minimum Gasteiger partial charge on any atom is -0.366 e. The van der Waals surface area contributed by atoms with Crippen LogP contribution in [-0.2, 0) is 4.79 Å². The predicted molar refractivity (Wildman–Crippen MR) is 123 cm³/mol. The molecule has 0 spiro atoms. The minimum atomic E-state index is -0.306. The number of nitrogens with one attached hydrogen (secondary N) is 1. The van der Waals surface area contributed by atoms with Gasteiger partial charge in [-0.2, -0.15) is 15.8 Å². The molecule has 1 aliphatic rings. The van der Waals surface area contributed by atoms with Crippen molar-refractivity contribution in [3.05, 3.63) is 76.5 Å². The molecular formula is C24H19ClN6O. The molecule has 1 saturated heterocycles. The van der Waals surface area contributed by atoms with Crippen LogP contribution in [0.15, 0.2) is 65.9 Å². The highest BCUT2D eigenvalue weighted by Crippen LogP contribution is 2.31. The maximum atomic E-state index is 12.5. The molecule has 3 rings (SSSR count). The van der Waals surface area contributed by atoms with Crippen LogP contribution >= 0.6 is 11.6 Å². The summed E-state index contributed by atoms with van der Waals surface area (Å²) in [5.41, 5.74) is 1.80. The fourth-order valence-electron chi connectivity index (χ4n) is 3.31. The van der Waals surface area contributed by atoms with E-state index in [4.69, 9.17) is 22.1 Å². The highest BCUT2D eigenvalue weighted by Gasteiger charge is 2.22. The summed E-state index contributed by atoms with van der Waals surface area (Å²) in [5.74, 6) is -0.0506. The Morgan fingerprint density at radius 2 is 1.66 bits per heavy atom. The number of amides is 1. The molecule has 32 heavy (non-hydrogen) atoms. The molecule has 1 fully saturated rings. The van der Waals surface area contributed by atoms with Gasteiger partial charge >= 0.3 is 0 Å². The van der Waals surface area contributed by atoms with E-state index in [0.717, 1.165) is 11.3 Å². The fourth-order valence-corrected chi connectivity index (χ4v) is 3.48. The van der Waals surface area contributed by atoms with Gasteiger partial charge < -0.3 is 15.1 Å². The number of halogens is 1. The van der Waals surface area contributed by atoms with Crippen molar-refractivity contribution in [2.45, 2.75) is 0 Å². The first-order valence-electron chi connectivity index (χ1n) is 9.84. The van der Waals surface area contributed by atoms with E-state index in [0.29, 0.717) is 36.9 Å². The number of anilines is 2. The lowest BCUT2D eigenvalue weighted by Gasteiger charge is -2.36.